The second kappa shape index (κ2) is 20.9. The first-order chi connectivity index (χ1) is 15.7. The minimum Gasteiger partial charge on any atom is -0.507 e. The summed E-state index contributed by atoms with van der Waals surface area (Å²) >= 11 is 0. The van der Waals surface area contributed by atoms with Crippen molar-refractivity contribution in [3.63, 3.8) is 0 Å². The van der Waals surface area contributed by atoms with Crippen molar-refractivity contribution in [3.05, 3.63) is 159 Å². The summed E-state index contributed by atoms with van der Waals surface area (Å²) in [6.07, 6.45) is 0. The summed E-state index contributed by atoms with van der Waals surface area (Å²) < 4.78 is 0. The van der Waals surface area contributed by atoms with Crippen LogP contribution in [0.3, 0.4) is 0 Å². The Morgan fingerprint density at radius 3 is 0.972 bits per heavy atom. The minimum absolute atomic E-state index is 0. The first-order valence-corrected chi connectivity index (χ1v) is 12.4. The Kier molecular flexibility index (Phi) is 20.9. The maximum absolute atomic E-state index is 9.85. The minimum atomic E-state index is 0. The number of rotatable bonds is 6. The molecule has 0 saturated heterocycles. The second-order valence-electron chi connectivity index (χ2n) is 6.81. The zero-order valence-electron chi connectivity index (χ0n) is 20.2. The van der Waals surface area contributed by atoms with Gasteiger partial charge < -0.3 is 25.1 Å². The molecule has 196 valence electrons. The molecule has 0 heterocycles. The van der Waals surface area contributed by atoms with Gasteiger partial charge >= 0.3 is 0 Å². The molecule has 2 atom stereocenters. The van der Waals surface area contributed by atoms with Crippen molar-refractivity contribution in [1.29, 1.82) is 0 Å². The molecular weight excluding hydrogens is 572 g/mol. The third kappa shape index (κ3) is 13.2. The van der Waals surface area contributed by atoms with Crippen LogP contribution in [0.1, 0.15) is 11.1 Å². The van der Waals surface area contributed by atoms with Crippen molar-refractivity contribution in [2.45, 2.75) is 0 Å². The van der Waals surface area contributed by atoms with Crippen molar-refractivity contribution in [3.8, 4) is 0 Å². The van der Waals surface area contributed by atoms with Gasteiger partial charge in [-0.15, -0.1) is 0 Å². The fourth-order valence-corrected chi connectivity index (χ4v) is 4.47. The maximum Gasteiger partial charge on any atom is 0.123 e. The van der Waals surface area contributed by atoms with E-state index in [1.54, 1.807) is 0 Å². The monoisotopic (exact) mass is 602 g/mol. The number of benzene rings is 4. The molecule has 4 aromatic carbocycles. The number of aliphatic hydroxyl groups is 2. The van der Waals surface area contributed by atoms with Gasteiger partial charge in [-0.2, -0.15) is 0 Å². The van der Waals surface area contributed by atoms with Crippen molar-refractivity contribution in [1.82, 2.24) is 0 Å². The maximum atomic E-state index is 9.85. The molecule has 0 saturated carbocycles. The van der Waals surface area contributed by atoms with E-state index in [1.165, 1.54) is 10.6 Å². The largest absolute Gasteiger partial charge is 0.507 e. The van der Waals surface area contributed by atoms with E-state index in [2.05, 4.69) is 24.3 Å². The van der Waals surface area contributed by atoms with Gasteiger partial charge in [0.05, 0.1) is 0 Å². The third-order valence-electron chi connectivity index (χ3n) is 4.44. The van der Waals surface area contributed by atoms with E-state index in [-0.39, 0.29) is 47.8 Å². The molecule has 0 radical (unpaired) electrons. The third-order valence-corrected chi connectivity index (χ3v) is 6.61. The molecule has 0 aromatic heterocycles. The van der Waals surface area contributed by atoms with E-state index in [0.717, 1.165) is 11.1 Å². The van der Waals surface area contributed by atoms with Crippen LogP contribution in [-0.2, 0) is 33.0 Å². The molecule has 4 rings (SSSR count). The number of aliphatic hydroxyl groups excluding tert-OH is 2. The van der Waals surface area contributed by atoms with Crippen molar-refractivity contribution >= 4 is 39.3 Å². The van der Waals surface area contributed by atoms with Crippen LogP contribution >= 0.6 is 17.2 Å². The van der Waals surface area contributed by atoms with Crippen LogP contribution in [0.4, 0.5) is 0 Å². The average molecular weight is 604 g/mol. The van der Waals surface area contributed by atoms with Gasteiger partial charge in [-0.25, -0.2) is 0 Å². The smallest absolute Gasteiger partial charge is 0.123 e. The molecule has 0 spiro atoms. The van der Waals surface area contributed by atoms with Gasteiger partial charge in [0.1, 0.15) is 11.5 Å². The van der Waals surface area contributed by atoms with Gasteiger partial charge in [0.15, 0.2) is 0 Å². The fourth-order valence-electron chi connectivity index (χ4n) is 2.76. The van der Waals surface area contributed by atoms with Gasteiger partial charge in [-0.3, -0.25) is 0 Å². The standard InChI is InChI=1S/2C14H13OP.2CH3.2Ni/c2*15-14(12-7-3-1-4-8-12)11-16-13-9-5-2-6-10-13;;;;/h2*1-11,15-16H;2*1H3;;/q;;2*-1;;/b2*14-11-;;;;. The normalized spacial score (nSPS) is 10.8. The van der Waals surface area contributed by atoms with Gasteiger partial charge in [0, 0.05) is 44.1 Å². The Morgan fingerprint density at radius 1 is 0.444 bits per heavy atom. The molecule has 2 unspecified atom stereocenters. The summed E-state index contributed by atoms with van der Waals surface area (Å²) in [6, 6.07) is 39.5. The van der Waals surface area contributed by atoms with E-state index in [4.69, 9.17) is 0 Å². The first-order valence-electron chi connectivity index (χ1n) is 10.2. The van der Waals surface area contributed by atoms with Crippen LogP contribution in [-0.4, -0.2) is 10.2 Å². The quantitative estimate of drug-likeness (QED) is 0.102. The molecule has 0 aliphatic carbocycles. The summed E-state index contributed by atoms with van der Waals surface area (Å²) in [4.78, 5) is 0. The Morgan fingerprint density at radius 2 is 0.694 bits per heavy atom. The molecule has 4 aromatic rings. The first kappa shape index (κ1) is 36.0. The molecule has 2 N–H and O–H groups in total. The molecule has 0 amide bonds. The summed E-state index contributed by atoms with van der Waals surface area (Å²) in [5.41, 5.74) is 1.73. The Labute approximate surface area is 240 Å². The van der Waals surface area contributed by atoms with Crippen LogP contribution in [0.5, 0.6) is 0 Å². The SMILES string of the molecule is O/C(=C\Pc1ccccc1)c1ccccc1.O/C(=C\Pc1ccccc1)c1ccccc1.[CH3-].[CH3-].[Ni].[Ni]. The van der Waals surface area contributed by atoms with E-state index in [0.29, 0.717) is 28.7 Å². The summed E-state index contributed by atoms with van der Waals surface area (Å²) in [5, 5.41) is 22.2. The average Bonchev–Trinajstić information content (AvgIpc) is 2.88. The zero-order chi connectivity index (χ0) is 22.4. The van der Waals surface area contributed by atoms with Crippen LogP contribution in [0.15, 0.2) is 133 Å². The molecule has 0 fully saturated rings. The topological polar surface area (TPSA) is 40.5 Å². The molecule has 6 heteroatoms. The van der Waals surface area contributed by atoms with Crippen LogP contribution in [0.2, 0.25) is 0 Å². The Hall–Kier alpha value is -2.19. The van der Waals surface area contributed by atoms with Crippen LogP contribution in [0, 0.1) is 14.9 Å². The number of hydrogen-bond acceptors (Lipinski definition) is 2. The molecule has 0 aliphatic heterocycles. The Balaban J connectivity index is 0. The van der Waals surface area contributed by atoms with E-state index in [1.807, 2.05) is 109 Å². The van der Waals surface area contributed by atoms with Crippen molar-refractivity contribution in [2.24, 2.45) is 0 Å². The van der Waals surface area contributed by atoms with Gasteiger partial charge in [0.25, 0.3) is 0 Å². The van der Waals surface area contributed by atoms with Gasteiger partial charge in [-0.1, -0.05) is 138 Å². The fraction of sp³-hybridized carbons (Fsp3) is 0. The van der Waals surface area contributed by atoms with E-state index < -0.39 is 0 Å². The molecule has 2 nitrogen and oxygen atoms in total. The predicted molar refractivity (Wildman–Crippen MR) is 156 cm³/mol. The Bertz CT molecular complexity index is 1030. The summed E-state index contributed by atoms with van der Waals surface area (Å²) in [7, 11) is 0.997. The molecule has 0 bridgehead atoms. The van der Waals surface area contributed by atoms with Crippen LogP contribution in [0.25, 0.3) is 11.5 Å². The van der Waals surface area contributed by atoms with E-state index in [9.17, 15) is 10.2 Å². The zero-order valence-corrected chi connectivity index (χ0v) is 24.2. The van der Waals surface area contributed by atoms with Crippen molar-refractivity contribution < 1.29 is 43.2 Å². The van der Waals surface area contributed by atoms with Gasteiger partial charge in [0.2, 0.25) is 0 Å². The molecule has 0 aliphatic rings. The van der Waals surface area contributed by atoms with E-state index >= 15 is 0 Å². The summed E-state index contributed by atoms with van der Waals surface area (Å²) in [6.45, 7) is 0. The molecular formula is C30H32Ni2O2P2-2. The van der Waals surface area contributed by atoms with Crippen LogP contribution < -0.4 is 10.6 Å². The van der Waals surface area contributed by atoms with Gasteiger partial charge in [-0.05, 0) is 22.2 Å². The predicted octanol–water partition coefficient (Wildman–Crippen LogP) is 7.99. The summed E-state index contributed by atoms with van der Waals surface area (Å²) in [5.74, 6) is 4.43. The number of hydrogen-bond donors (Lipinski definition) is 2. The molecule has 36 heavy (non-hydrogen) atoms. The second-order valence-corrected chi connectivity index (χ2v) is 9.12. The van der Waals surface area contributed by atoms with Crippen molar-refractivity contribution in [2.75, 3.05) is 0 Å².